The van der Waals surface area contributed by atoms with E-state index in [1.54, 1.807) is 17.1 Å². The summed E-state index contributed by atoms with van der Waals surface area (Å²) in [6.07, 6.45) is 3.27. The van der Waals surface area contributed by atoms with Crippen LogP contribution in [0.2, 0.25) is 0 Å². The van der Waals surface area contributed by atoms with E-state index in [1.807, 2.05) is 0 Å². The number of nitrogens with zero attached hydrogens (tertiary/aromatic N) is 4. The first-order chi connectivity index (χ1) is 10.5. The fourth-order valence-corrected chi connectivity index (χ4v) is 3.74. The molecule has 1 aliphatic rings. The van der Waals surface area contributed by atoms with Crippen LogP contribution in [0.15, 0.2) is 41.6 Å². The normalized spacial score (nSPS) is 16.2. The second-order valence-electron chi connectivity index (χ2n) is 4.87. The van der Waals surface area contributed by atoms with E-state index in [2.05, 4.69) is 15.0 Å². The van der Waals surface area contributed by atoms with Gasteiger partial charge in [0, 0.05) is 19.3 Å². The van der Waals surface area contributed by atoms with Crippen LogP contribution in [0.1, 0.15) is 16.4 Å². The van der Waals surface area contributed by atoms with E-state index in [1.165, 1.54) is 35.7 Å². The van der Waals surface area contributed by atoms with Gasteiger partial charge in [0.2, 0.25) is 10.0 Å². The number of carbonyl (C=O) groups is 1. The molecule has 0 saturated carbocycles. The van der Waals surface area contributed by atoms with Crippen molar-refractivity contribution in [3.05, 3.63) is 42.2 Å². The van der Waals surface area contributed by atoms with Gasteiger partial charge >= 0.3 is 5.97 Å². The molecule has 0 unspecified atom stereocenters. The molecule has 1 aromatic carbocycles. The lowest BCUT2D eigenvalue weighted by atomic mass is 10.2. The lowest BCUT2D eigenvalue weighted by molar-refractivity contribution is 0.0600. The molecule has 0 bridgehead atoms. The Bertz CT molecular complexity index is 765. The highest BCUT2D eigenvalue weighted by molar-refractivity contribution is 7.89. The van der Waals surface area contributed by atoms with Gasteiger partial charge in [-0.3, -0.25) is 0 Å². The van der Waals surface area contributed by atoms with E-state index >= 15 is 0 Å². The Kier molecular flexibility index (Phi) is 3.67. The van der Waals surface area contributed by atoms with E-state index < -0.39 is 16.0 Å². The van der Waals surface area contributed by atoms with Crippen molar-refractivity contribution in [1.82, 2.24) is 19.3 Å². The molecule has 9 heteroatoms. The van der Waals surface area contributed by atoms with Gasteiger partial charge in [-0.1, -0.05) is 5.21 Å². The fraction of sp³-hybridized carbons (Fsp3) is 0.308. The molecule has 1 fully saturated rings. The summed E-state index contributed by atoms with van der Waals surface area (Å²) in [5.41, 5.74) is 0.311. The van der Waals surface area contributed by atoms with Crippen molar-refractivity contribution >= 4 is 16.0 Å². The molecule has 1 aliphatic heterocycles. The van der Waals surface area contributed by atoms with Crippen LogP contribution < -0.4 is 0 Å². The van der Waals surface area contributed by atoms with Crippen LogP contribution in [0.5, 0.6) is 0 Å². The molecule has 2 heterocycles. The van der Waals surface area contributed by atoms with Crippen LogP contribution in [-0.2, 0) is 14.8 Å². The number of esters is 1. The van der Waals surface area contributed by atoms with Crippen molar-refractivity contribution in [3.63, 3.8) is 0 Å². The molecule has 3 rings (SSSR count). The van der Waals surface area contributed by atoms with Gasteiger partial charge in [-0.15, -0.1) is 5.10 Å². The monoisotopic (exact) mass is 322 g/mol. The topological polar surface area (TPSA) is 94.4 Å². The number of hydrogen-bond acceptors (Lipinski definition) is 6. The third-order valence-electron chi connectivity index (χ3n) is 3.56. The number of carbonyl (C=O) groups excluding carboxylic acids is 1. The van der Waals surface area contributed by atoms with Crippen LogP contribution in [0.4, 0.5) is 0 Å². The van der Waals surface area contributed by atoms with Gasteiger partial charge in [0.25, 0.3) is 0 Å². The zero-order valence-electron chi connectivity index (χ0n) is 11.8. The Balaban J connectivity index is 1.73. The first-order valence-corrected chi connectivity index (χ1v) is 8.00. The molecule has 0 radical (unpaired) electrons. The average molecular weight is 322 g/mol. The lowest BCUT2D eigenvalue weighted by Gasteiger charge is -2.37. The number of benzene rings is 1. The highest BCUT2D eigenvalue weighted by Crippen LogP contribution is 2.27. The van der Waals surface area contributed by atoms with Crippen LogP contribution in [0.25, 0.3) is 0 Å². The Morgan fingerprint density at radius 1 is 1.27 bits per heavy atom. The molecular weight excluding hydrogens is 308 g/mol. The third kappa shape index (κ3) is 2.48. The Hall–Kier alpha value is -2.26. The minimum absolute atomic E-state index is 0.00613. The highest BCUT2D eigenvalue weighted by Gasteiger charge is 2.38. The molecular formula is C13H14N4O4S. The van der Waals surface area contributed by atoms with E-state index in [-0.39, 0.29) is 10.9 Å². The van der Waals surface area contributed by atoms with Crippen molar-refractivity contribution in [2.24, 2.45) is 0 Å². The number of sulfonamides is 1. The Labute approximate surface area is 127 Å². The number of hydrogen-bond donors (Lipinski definition) is 0. The van der Waals surface area contributed by atoms with E-state index in [4.69, 9.17) is 0 Å². The second kappa shape index (κ2) is 5.50. The SMILES string of the molecule is COC(=O)c1ccc(S(=O)(=O)N2CC(n3ccnn3)C2)cc1. The Morgan fingerprint density at radius 2 is 1.95 bits per heavy atom. The zero-order valence-corrected chi connectivity index (χ0v) is 12.6. The summed E-state index contributed by atoms with van der Waals surface area (Å²) < 4.78 is 32.5. The molecule has 0 spiro atoms. The number of rotatable bonds is 4. The van der Waals surface area contributed by atoms with Crippen LogP contribution in [-0.4, -0.2) is 53.9 Å². The highest BCUT2D eigenvalue weighted by atomic mass is 32.2. The van der Waals surface area contributed by atoms with Gasteiger partial charge in [-0.05, 0) is 24.3 Å². The largest absolute Gasteiger partial charge is 0.465 e. The third-order valence-corrected chi connectivity index (χ3v) is 5.40. The predicted octanol–water partition coefficient (Wildman–Crippen LogP) is 0.310. The van der Waals surface area contributed by atoms with Crippen molar-refractivity contribution in [2.75, 3.05) is 20.2 Å². The molecule has 116 valence electrons. The maximum absolute atomic E-state index is 12.4. The first kappa shape index (κ1) is 14.7. The van der Waals surface area contributed by atoms with Crippen molar-refractivity contribution in [1.29, 1.82) is 0 Å². The van der Waals surface area contributed by atoms with E-state index in [0.29, 0.717) is 18.7 Å². The van der Waals surface area contributed by atoms with Crippen LogP contribution in [0.3, 0.4) is 0 Å². The summed E-state index contributed by atoms with van der Waals surface area (Å²) >= 11 is 0. The van der Waals surface area contributed by atoms with Crippen LogP contribution in [0, 0.1) is 0 Å². The fourth-order valence-electron chi connectivity index (χ4n) is 2.22. The smallest absolute Gasteiger partial charge is 0.337 e. The minimum Gasteiger partial charge on any atom is -0.465 e. The van der Waals surface area contributed by atoms with Crippen LogP contribution >= 0.6 is 0 Å². The molecule has 0 aliphatic carbocycles. The summed E-state index contributed by atoms with van der Waals surface area (Å²) in [6.45, 7) is 0.703. The maximum atomic E-state index is 12.4. The summed E-state index contributed by atoms with van der Waals surface area (Å²) in [5.74, 6) is -0.501. The Morgan fingerprint density at radius 3 is 2.50 bits per heavy atom. The van der Waals surface area contributed by atoms with Crippen molar-refractivity contribution < 1.29 is 17.9 Å². The van der Waals surface area contributed by atoms with Gasteiger partial charge in [0.05, 0.1) is 29.8 Å². The van der Waals surface area contributed by atoms with Crippen molar-refractivity contribution in [2.45, 2.75) is 10.9 Å². The van der Waals surface area contributed by atoms with E-state index in [0.717, 1.165) is 0 Å². The molecule has 8 nitrogen and oxygen atoms in total. The average Bonchev–Trinajstić information content (AvgIpc) is 2.98. The zero-order chi connectivity index (χ0) is 15.7. The number of aromatic nitrogens is 3. The van der Waals surface area contributed by atoms with Gasteiger partial charge in [-0.2, -0.15) is 4.31 Å². The van der Waals surface area contributed by atoms with E-state index in [9.17, 15) is 13.2 Å². The number of ether oxygens (including phenoxy) is 1. The van der Waals surface area contributed by atoms with Gasteiger partial charge in [0.1, 0.15) is 0 Å². The molecule has 0 amide bonds. The molecule has 0 N–H and O–H groups in total. The summed E-state index contributed by atoms with van der Waals surface area (Å²) in [4.78, 5) is 11.5. The van der Waals surface area contributed by atoms with Gasteiger partial charge < -0.3 is 4.74 Å². The minimum atomic E-state index is -3.56. The summed E-state index contributed by atoms with van der Waals surface area (Å²) in [7, 11) is -2.28. The lowest BCUT2D eigenvalue weighted by Crippen LogP contribution is -2.50. The summed E-state index contributed by atoms with van der Waals surface area (Å²) in [6, 6.07) is 5.70. The maximum Gasteiger partial charge on any atom is 0.337 e. The summed E-state index contributed by atoms with van der Waals surface area (Å²) in [5, 5.41) is 7.57. The van der Waals surface area contributed by atoms with Gasteiger partial charge in [-0.25, -0.2) is 17.9 Å². The molecule has 22 heavy (non-hydrogen) atoms. The van der Waals surface area contributed by atoms with Gasteiger partial charge in [0.15, 0.2) is 0 Å². The predicted molar refractivity (Wildman–Crippen MR) is 75.6 cm³/mol. The first-order valence-electron chi connectivity index (χ1n) is 6.56. The molecule has 0 atom stereocenters. The molecule has 1 aromatic heterocycles. The quantitative estimate of drug-likeness (QED) is 0.752. The van der Waals surface area contributed by atoms with Crippen molar-refractivity contribution in [3.8, 4) is 0 Å². The number of methoxy groups -OCH3 is 1. The molecule has 1 saturated heterocycles. The second-order valence-corrected chi connectivity index (χ2v) is 6.81. The molecule has 2 aromatic rings. The standard InChI is InChI=1S/C13H14N4O4S/c1-21-13(18)10-2-4-12(5-3-10)22(19,20)16-8-11(9-16)17-7-6-14-15-17/h2-7,11H,8-9H2,1H3.